The summed E-state index contributed by atoms with van der Waals surface area (Å²) < 4.78 is 43.2. The Labute approximate surface area is 165 Å². The van der Waals surface area contributed by atoms with Crippen molar-refractivity contribution in [2.75, 3.05) is 12.9 Å². The van der Waals surface area contributed by atoms with Gasteiger partial charge in [0.25, 0.3) is 0 Å². The van der Waals surface area contributed by atoms with Crippen molar-refractivity contribution in [1.29, 1.82) is 0 Å². The van der Waals surface area contributed by atoms with Crippen LogP contribution >= 0.6 is 11.3 Å². The van der Waals surface area contributed by atoms with Gasteiger partial charge in [-0.05, 0) is 23.3 Å². The number of halogens is 1. The number of benzene rings is 2. The van der Waals surface area contributed by atoms with Crippen molar-refractivity contribution in [3.05, 3.63) is 70.3 Å². The molecule has 1 aliphatic heterocycles. The summed E-state index contributed by atoms with van der Waals surface area (Å²) in [5, 5.41) is 1.92. The first-order valence-electron chi connectivity index (χ1n) is 8.49. The predicted octanol–water partition coefficient (Wildman–Crippen LogP) is 3.59. The lowest BCUT2D eigenvalue weighted by Crippen LogP contribution is -2.33. The second-order valence-electron chi connectivity index (χ2n) is 6.66. The third-order valence-electron chi connectivity index (χ3n) is 4.99. The van der Waals surface area contributed by atoms with Crippen molar-refractivity contribution in [3.63, 3.8) is 0 Å². The zero-order valence-electron chi connectivity index (χ0n) is 14.9. The zero-order chi connectivity index (χ0) is 19.9. The highest BCUT2D eigenvalue weighted by atomic mass is 32.2. The van der Waals surface area contributed by atoms with E-state index in [-0.39, 0.29) is 6.61 Å². The van der Waals surface area contributed by atoms with E-state index in [1.165, 1.54) is 23.5 Å². The third kappa shape index (κ3) is 3.02. The molecule has 4 rings (SSSR count). The van der Waals surface area contributed by atoms with Gasteiger partial charge in [-0.15, -0.1) is 11.3 Å². The summed E-state index contributed by atoms with van der Waals surface area (Å²) in [7, 11) is -3.70. The van der Waals surface area contributed by atoms with Gasteiger partial charge < -0.3 is 4.74 Å². The Morgan fingerprint density at radius 2 is 1.86 bits per heavy atom. The van der Waals surface area contributed by atoms with Crippen molar-refractivity contribution in [2.45, 2.75) is 16.7 Å². The molecular weight excluding hydrogens is 401 g/mol. The molecule has 3 aromatic rings. The van der Waals surface area contributed by atoms with Crippen LogP contribution < -0.4 is 0 Å². The summed E-state index contributed by atoms with van der Waals surface area (Å²) in [5.41, 5.74) is 3.36. The number of hydrogen-bond donors (Lipinski definition) is 0. The second kappa shape index (κ2) is 6.79. The predicted molar refractivity (Wildman–Crippen MR) is 103 cm³/mol. The van der Waals surface area contributed by atoms with Gasteiger partial charge in [0.1, 0.15) is 16.1 Å². The maximum Gasteiger partial charge on any atom is 0.321 e. The van der Waals surface area contributed by atoms with Gasteiger partial charge in [0.15, 0.2) is 9.84 Å². The van der Waals surface area contributed by atoms with Gasteiger partial charge in [0, 0.05) is 23.6 Å². The number of sulfone groups is 1. The Balaban J connectivity index is 1.82. The minimum atomic E-state index is -3.70. The van der Waals surface area contributed by atoms with E-state index in [2.05, 4.69) is 4.98 Å². The van der Waals surface area contributed by atoms with E-state index in [1.54, 1.807) is 5.51 Å². The minimum absolute atomic E-state index is 0.210. The number of thiazole rings is 1. The maximum atomic E-state index is 14.5. The van der Waals surface area contributed by atoms with Crippen molar-refractivity contribution < 1.29 is 22.3 Å². The highest BCUT2D eigenvalue weighted by Crippen LogP contribution is 2.42. The lowest BCUT2D eigenvalue weighted by molar-refractivity contribution is -0.141. The van der Waals surface area contributed by atoms with Crippen LogP contribution in [-0.2, 0) is 24.8 Å². The molecule has 8 heteroatoms. The number of aromatic nitrogens is 1. The van der Waals surface area contributed by atoms with E-state index < -0.39 is 31.9 Å². The molecule has 0 amide bonds. The summed E-state index contributed by atoms with van der Waals surface area (Å²) in [6.07, 6.45) is 1.29. The SMILES string of the molecule is CS(=O)(=O)c1ccc(C2(c3ccc(-c4cscn4)cc3)CCOC2=O)cc1F. The Morgan fingerprint density at radius 1 is 1.14 bits per heavy atom. The average Bonchev–Trinajstić information content (AvgIpc) is 3.31. The number of hydrogen-bond acceptors (Lipinski definition) is 6. The average molecular weight is 417 g/mol. The van der Waals surface area contributed by atoms with Crippen LogP contribution in [0, 0.1) is 5.82 Å². The number of nitrogens with zero attached hydrogens (tertiary/aromatic N) is 1. The molecule has 144 valence electrons. The Hall–Kier alpha value is -2.58. The topological polar surface area (TPSA) is 73.3 Å². The van der Waals surface area contributed by atoms with Gasteiger partial charge in [-0.25, -0.2) is 17.8 Å². The molecular formula is C20H16FNO4S2. The third-order valence-corrected chi connectivity index (χ3v) is 6.71. The van der Waals surface area contributed by atoms with E-state index in [9.17, 15) is 17.6 Å². The molecule has 1 fully saturated rings. The van der Waals surface area contributed by atoms with E-state index in [0.29, 0.717) is 17.5 Å². The summed E-state index contributed by atoms with van der Waals surface area (Å²) in [6.45, 7) is 0.210. The van der Waals surface area contributed by atoms with Crippen LogP contribution in [0.4, 0.5) is 4.39 Å². The Morgan fingerprint density at radius 3 is 2.39 bits per heavy atom. The first-order valence-corrected chi connectivity index (χ1v) is 11.3. The van der Waals surface area contributed by atoms with Crippen molar-refractivity contribution in [1.82, 2.24) is 4.98 Å². The lowest BCUT2D eigenvalue weighted by Gasteiger charge is -2.26. The van der Waals surface area contributed by atoms with Gasteiger partial charge >= 0.3 is 5.97 Å². The number of esters is 1. The van der Waals surface area contributed by atoms with E-state index in [4.69, 9.17) is 4.74 Å². The molecule has 0 bridgehead atoms. The number of carbonyl (C=O) groups excluding carboxylic acids is 1. The van der Waals surface area contributed by atoms with Gasteiger partial charge in [-0.2, -0.15) is 0 Å². The number of carbonyl (C=O) groups is 1. The quantitative estimate of drug-likeness (QED) is 0.607. The Kier molecular flexibility index (Phi) is 4.55. The largest absolute Gasteiger partial charge is 0.465 e. The first kappa shape index (κ1) is 18.8. The molecule has 1 aromatic heterocycles. The van der Waals surface area contributed by atoms with E-state index >= 15 is 0 Å². The Bertz CT molecular complexity index is 1140. The molecule has 2 aromatic carbocycles. The fourth-order valence-electron chi connectivity index (χ4n) is 3.56. The van der Waals surface area contributed by atoms with Crippen LogP contribution in [0.3, 0.4) is 0 Å². The molecule has 5 nitrogen and oxygen atoms in total. The fourth-order valence-corrected chi connectivity index (χ4v) is 4.85. The summed E-state index contributed by atoms with van der Waals surface area (Å²) >= 11 is 1.49. The van der Waals surface area contributed by atoms with Gasteiger partial charge in [-0.3, -0.25) is 4.79 Å². The molecule has 1 atom stereocenters. The molecule has 0 N–H and O–H groups in total. The summed E-state index contributed by atoms with van der Waals surface area (Å²) in [5.74, 6) is -1.35. The molecule has 0 spiro atoms. The van der Waals surface area contributed by atoms with Crippen LogP contribution in [-0.4, -0.2) is 32.2 Å². The molecule has 1 unspecified atom stereocenters. The van der Waals surface area contributed by atoms with Gasteiger partial charge in [0.2, 0.25) is 0 Å². The molecule has 2 heterocycles. The number of cyclic esters (lactones) is 1. The fraction of sp³-hybridized carbons (Fsp3) is 0.200. The molecule has 0 aliphatic carbocycles. The van der Waals surface area contributed by atoms with Gasteiger partial charge in [-0.1, -0.05) is 30.3 Å². The van der Waals surface area contributed by atoms with Gasteiger partial charge in [0.05, 0.1) is 17.8 Å². The minimum Gasteiger partial charge on any atom is -0.465 e. The molecule has 0 saturated carbocycles. The monoisotopic (exact) mass is 417 g/mol. The molecule has 28 heavy (non-hydrogen) atoms. The van der Waals surface area contributed by atoms with Crippen molar-refractivity contribution >= 4 is 27.1 Å². The highest BCUT2D eigenvalue weighted by Gasteiger charge is 2.48. The van der Waals surface area contributed by atoms with E-state index in [1.807, 2.05) is 29.6 Å². The first-order chi connectivity index (χ1) is 13.3. The normalized spacial score (nSPS) is 19.6. The summed E-state index contributed by atoms with van der Waals surface area (Å²) in [6, 6.07) is 11.2. The second-order valence-corrected chi connectivity index (χ2v) is 9.36. The number of rotatable bonds is 4. The molecule has 1 saturated heterocycles. The van der Waals surface area contributed by atoms with Crippen LogP contribution in [0.25, 0.3) is 11.3 Å². The highest BCUT2D eigenvalue weighted by molar-refractivity contribution is 7.90. The smallest absolute Gasteiger partial charge is 0.321 e. The van der Waals surface area contributed by atoms with E-state index in [0.717, 1.165) is 23.6 Å². The van der Waals surface area contributed by atoms with Crippen molar-refractivity contribution in [2.24, 2.45) is 0 Å². The van der Waals surface area contributed by atoms with Crippen LogP contribution in [0.2, 0.25) is 0 Å². The van der Waals surface area contributed by atoms with Crippen LogP contribution in [0.1, 0.15) is 17.5 Å². The maximum absolute atomic E-state index is 14.5. The lowest BCUT2D eigenvalue weighted by atomic mass is 9.73. The zero-order valence-corrected chi connectivity index (χ0v) is 16.5. The van der Waals surface area contributed by atoms with Crippen molar-refractivity contribution in [3.8, 4) is 11.3 Å². The molecule has 1 aliphatic rings. The summed E-state index contributed by atoms with van der Waals surface area (Å²) in [4.78, 5) is 16.6. The number of ether oxygens (including phenoxy) is 1. The van der Waals surface area contributed by atoms with Crippen LogP contribution in [0.15, 0.2) is 58.3 Å². The molecule has 0 radical (unpaired) electrons. The standard InChI is InChI=1S/C20H16FNO4S2/c1-28(24,25)18-7-6-15(10-16(18)21)20(8-9-26-19(20)23)14-4-2-13(3-5-14)17-11-27-12-22-17/h2-7,10-12H,8-9H2,1H3. The van der Waals surface area contributed by atoms with Crippen LogP contribution in [0.5, 0.6) is 0 Å².